The van der Waals surface area contributed by atoms with E-state index < -0.39 is 23.6 Å². The van der Waals surface area contributed by atoms with Crippen LogP contribution < -0.4 is 10.6 Å². The zero-order chi connectivity index (χ0) is 17.7. The molecule has 0 aliphatic carbocycles. The number of amides is 2. The largest absolute Gasteiger partial charge is 0.416 e. The van der Waals surface area contributed by atoms with Crippen LogP contribution in [0.2, 0.25) is 0 Å². The first kappa shape index (κ1) is 17.3. The molecule has 0 saturated carbocycles. The molecule has 6 nitrogen and oxygen atoms in total. The summed E-state index contributed by atoms with van der Waals surface area (Å²) in [6.07, 6.45) is -2.69. The number of nitrogens with one attached hydrogen (secondary N) is 2. The summed E-state index contributed by atoms with van der Waals surface area (Å²) in [6.45, 7) is 1.64. The van der Waals surface area contributed by atoms with Crippen LogP contribution in [0.5, 0.6) is 0 Å². The molecule has 1 heterocycles. The predicted molar refractivity (Wildman–Crippen MR) is 79.1 cm³/mol. The van der Waals surface area contributed by atoms with Crippen molar-refractivity contribution in [1.29, 1.82) is 0 Å². The van der Waals surface area contributed by atoms with E-state index in [1.165, 1.54) is 18.2 Å². The summed E-state index contributed by atoms with van der Waals surface area (Å²) < 4.78 is 42.5. The van der Waals surface area contributed by atoms with E-state index in [0.29, 0.717) is 5.76 Å². The van der Waals surface area contributed by atoms with Crippen LogP contribution in [0.1, 0.15) is 11.3 Å². The SMILES string of the molecule is Cc1cc(NC(=O)C=CC(=O)Nc2cccc(C(F)(F)F)c2)no1. The number of carbonyl (C=O) groups excluding carboxylic acids is 2. The van der Waals surface area contributed by atoms with Crippen molar-refractivity contribution >= 4 is 23.3 Å². The molecule has 0 atom stereocenters. The quantitative estimate of drug-likeness (QED) is 0.838. The summed E-state index contributed by atoms with van der Waals surface area (Å²) in [7, 11) is 0. The van der Waals surface area contributed by atoms with Gasteiger partial charge in [0.2, 0.25) is 11.8 Å². The van der Waals surface area contributed by atoms with Gasteiger partial charge in [0.05, 0.1) is 5.56 Å². The van der Waals surface area contributed by atoms with Gasteiger partial charge in [0.15, 0.2) is 5.82 Å². The van der Waals surface area contributed by atoms with Crippen molar-refractivity contribution < 1.29 is 27.3 Å². The first-order valence-corrected chi connectivity index (χ1v) is 6.64. The molecule has 1 aromatic carbocycles. The Balaban J connectivity index is 1.94. The lowest BCUT2D eigenvalue weighted by Crippen LogP contribution is -2.13. The molecular weight excluding hydrogens is 327 g/mol. The minimum Gasteiger partial charge on any atom is -0.360 e. The second-order valence-electron chi connectivity index (χ2n) is 4.71. The van der Waals surface area contributed by atoms with E-state index in [-0.39, 0.29) is 11.5 Å². The van der Waals surface area contributed by atoms with E-state index in [9.17, 15) is 22.8 Å². The summed E-state index contributed by atoms with van der Waals surface area (Å²) in [5.41, 5.74) is -0.921. The number of aryl methyl sites for hydroxylation is 1. The van der Waals surface area contributed by atoms with Crippen LogP contribution in [-0.2, 0) is 15.8 Å². The van der Waals surface area contributed by atoms with E-state index in [4.69, 9.17) is 4.52 Å². The molecule has 24 heavy (non-hydrogen) atoms. The Bertz CT molecular complexity index is 782. The first-order valence-electron chi connectivity index (χ1n) is 6.64. The number of aromatic nitrogens is 1. The Kier molecular flexibility index (Phi) is 5.02. The van der Waals surface area contributed by atoms with Crippen molar-refractivity contribution in [1.82, 2.24) is 5.16 Å². The molecule has 0 aliphatic heterocycles. The predicted octanol–water partition coefficient (Wildman–Crippen LogP) is 3.14. The minimum absolute atomic E-state index is 0.0352. The van der Waals surface area contributed by atoms with Crippen molar-refractivity contribution in [3.8, 4) is 0 Å². The number of anilines is 2. The summed E-state index contributed by atoms with van der Waals surface area (Å²) in [5, 5.41) is 8.12. The second kappa shape index (κ2) is 6.99. The van der Waals surface area contributed by atoms with Crippen LogP contribution in [-0.4, -0.2) is 17.0 Å². The van der Waals surface area contributed by atoms with E-state index in [1.54, 1.807) is 6.92 Å². The molecule has 2 rings (SSSR count). The van der Waals surface area contributed by atoms with Crippen molar-refractivity contribution in [2.75, 3.05) is 10.6 Å². The summed E-state index contributed by atoms with van der Waals surface area (Å²) >= 11 is 0. The van der Waals surface area contributed by atoms with Crippen LogP contribution in [0.3, 0.4) is 0 Å². The zero-order valence-electron chi connectivity index (χ0n) is 12.3. The van der Waals surface area contributed by atoms with Gasteiger partial charge in [0.25, 0.3) is 0 Å². The monoisotopic (exact) mass is 339 g/mol. The molecule has 0 aliphatic rings. The van der Waals surface area contributed by atoms with Gasteiger partial charge in [-0.2, -0.15) is 13.2 Å². The highest BCUT2D eigenvalue weighted by molar-refractivity contribution is 6.06. The third-order valence-corrected chi connectivity index (χ3v) is 2.72. The van der Waals surface area contributed by atoms with Crippen LogP contribution in [0.25, 0.3) is 0 Å². The van der Waals surface area contributed by atoms with Crippen LogP contribution in [0, 0.1) is 6.92 Å². The van der Waals surface area contributed by atoms with Crippen LogP contribution >= 0.6 is 0 Å². The van der Waals surface area contributed by atoms with Crippen molar-refractivity contribution in [2.45, 2.75) is 13.1 Å². The molecule has 2 amide bonds. The molecule has 2 N–H and O–H groups in total. The zero-order valence-corrected chi connectivity index (χ0v) is 12.3. The average Bonchev–Trinajstić information content (AvgIpc) is 2.90. The molecule has 0 unspecified atom stereocenters. The maximum atomic E-state index is 12.6. The lowest BCUT2D eigenvalue weighted by molar-refractivity contribution is -0.137. The average molecular weight is 339 g/mol. The smallest absolute Gasteiger partial charge is 0.360 e. The number of hydrogen-bond acceptors (Lipinski definition) is 4. The highest BCUT2D eigenvalue weighted by Gasteiger charge is 2.30. The molecule has 0 saturated heterocycles. The molecule has 126 valence electrons. The number of alkyl halides is 3. The molecule has 0 fully saturated rings. The number of rotatable bonds is 4. The normalized spacial score (nSPS) is 11.5. The topological polar surface area (TPSA) is 84.2 Å². The Hall–Kier alpha value is -3.10. The minimum atomic E-state index is -4.51. The lowest BCUT2D eigenvalue weighted by atomic mass is 10.2. The number of benzene rings is 1. The van der Waals surface area contributed by atoms with Crippen LogP contribution in [0.15, 0.2) is 47.0 Å². The van der Waals surface area contributed by atoms with Gasteiger partial charge in [-0.05, 0) is 25.1 Å². The maximum Gasteiger partial charge on any atom is 0.416 e. The molecule has 2 aromatic rings. The molecule has 0 spiro atoms. The number of halogens is 3. The number of carbonyl (C=O) groups is 2. The molecular formula is C15H12F3N3O3. The Morgan fingerprint density at radius 3 is 2.38 bits per heavy atom. The van der Waals surface area contributed by atoms with Crippen molar-refractivity contribution in [3.05, 3.63) is 53.8 Å². The maximum absolute atomic E-state index is 12.6. The molecule has 0 bridgehead atoms. The molecule has 0 radical (unpaired) electrons. The summed E-state index contributed by atoms with van der Waals surface area (Å²) in [5.74, 6) is -0.708. The highest BCUT2D eigenvalue weighted by atomic mass is 19.4. The van der Waals surface area contributed by atoms with E-state index in [2.05, 4.69) is 15.8 Å². The van der Waals surface area contributed by atoms with Gasteiger partial charge >= 0.3 is 6.18 Å². The third kappa shape index (κ3) is 4.97. The van der Waals surface area contributed by atoms with Crippen LogP contribution in [0.4, 0.5) is 24.7 Å². The fourth-order valence-electron chi connectivity index (χ4n) is 1.70. The number of hydrogen-bond donors (Lipinski definition) is 2. The van der Waals surface area contributed by atoms with Gasteiger partial charge in [-0.1, -0.05) is 11.2 Å². The Morgan fingerprint density at radius 1 is 1.12 bits per heavy atom. The van der Waals surface area contributed by atoms with Gasteiger partial charge < -0.3 is 15.2 Å². The molecule has 9 heteroatoms. The second-order valence-corrected chi connectivity index (χ2v) is 4.71. The lowest BCUT2D eigenvalue weighted by Gasteiger charge is -2.08. The van der Waals surface area contributed by atoms with Gasteiger partial charge in [-0.25, -0.2) is 0 Å². The Morgan fingerprint density at radius 2 is 1.79 bits per heavy atom. The van der Waals surface area contributed by atoms with Gasteiger partial charge in [-0.15, -0.1) is 0 Å². The van der Waals surface area contributed by atoms with Crippen molar-refractivity contribution in [2.24, 2.45) is 0 Å². The summed E-state index contributed by atoms with van der Waals surface area (Å²) in [4.78, 5) is 23.2. The van der Waals surface area contributed by atoms with Gasteiger partial charge in [0, 0.05) is 23.9 Å². The van der Waals surface area contributed by atoms with Gasteiger partial charge in [-0.3, -0.25) is 9.59 Å². The van der Waals surface area contributed by atoms with Gasteiger partial charge in [0.1, 0.15) is 5.76 Å². The van der Waals surface area contributed by atoms with E-state index >= 15 is 0 Å². The number of nitrogens with zero attached hydrogens (tertiary/aromatic N) is 1. The highest BCUT2D eigenvalue weighted by Crippen LogP contribution is 2.30. The third-order valence-electron chi connectivity index (χ3n) is 2.72. The molecule has 1 aromatic heterocycles. The summed E-state index contributed by atoms with van der Waals surface area (Å²) in [6, 6.07) is 5.64. The van der Waals surface area contributed by atoms with Crippen molar-refractivity contribution in [3.63, 3.8) is 0 Å². The fraction of sp³-hybridized carbons (Fsp3) is 0.133. The van der Waals surface area contributed by atoms with E-state index in [0.717, 1.165) is 24.3 Å². The standard InChI is InChI=1S/C15H12F3N3O3/c1-9-7-12(21-24-9)20-14(23)6-5-13(22)19-11-4-2-3-10(8-11)15(16,17)18/h2-8H,1H3,(H,19,22)(H,20,21,23). The Labute approximate surface area is 134 Å². The van der Waals surface area contributed by atoms with E-state index in [1.807, 2.05) is 0 Å². The first-order chi connectivity index (χ1) is 11.2. The fourth-order valence-corrected chi connectivity index (χ4v) is 1.70.